The van der Waals surface area contributed by atoms with Crippen LogP contribution in [0.3, 0.4) is 0 Å². The van der Waals surface area contributed by atoms with Crippen molar-refractivity contribution in [1.82, 2.24) is 0 Å². The fourth-order valence-corrected chi connectivity index (χ4v) is 1.83. The van der Waals surface area contributed by atoms with Crippen molar-refractivity contribution in [3.8, 4) is 5.75 Å². The number of halogens is 1. The van der Waals surface area contributed by atoms with E-state index in [0.29, 0.717) is 12.5 Å². The minimum absolute atomic E-state index is 0. The summed E-state index contributed by atoms with van der Waals surface area (Å²) in [6.45, 7) is 9.14. The maximum atomic E-state index is 5.82. The van der Waals surface area contributed by atoms with Crippen molar-refractivity contribution >= 4 is 12.4 Å². The Labute approximate surface area is 111 Å². The molecule has 0 heterocycles. The molecule has 0 aliphatic heterocycles. The highest BCUT2D eigenvalue weighted by Gasteiger charge is 2.09. The van der Waals surface area contributed by atoms with Crippen molar-refractivity contribution < 1.29 is 4.74 Å². The van der Waals surface area contributed by atoms with Gasteiger partial charge in [0.15, 0.2) is 0 Å². The van der Waals surface area contributed by atoms with Crippen molar-refractivity contribution in [2.75, 3.05) is 6.61 Å². The quantitative estimate of drug-likeness (QED) is 0.876. The van der Waals surface area contributed by atoms with Gasteiger partial charge in [0.25, 0.3) is 0 Å². The van der Waals surface area contributed by atoms with Crippen LogP contribution in [0.2, 0.25) is 0 Å². The number of ether oxygens (including phenoxy) is 1. The van der Waals surface area contributed by atoms with E-state index in [1.807, 2.05) is 13.8 Å². The van der Waals surface area contributed by atoms with Gasteiger partial charge in [-0.2, -0.15) is 0 Å². The summed E-state index contributed by atoms with van der Waals surface area (Å²) >= 11 is 0. The normalized spacial score (nSPS) is 12.1. The maximum absolute atomic E-state index is 5.82. The van der Waals surface area contributed by atoms with Gasteiger partial charge in [-0.05, 0) is 43.4 Å². The second-order valence-electron chi connectivity index (χ2n) is 4.64. The van der Waals surface area contributed by atoms with Crippen LogP contribution in [0.5, 0.6) is 5.75 Å². The molecule has 3 heteroatoms. The van der Waals surface area contributed by atoms with Gasteiger partial charge in [0.2, 0.25) is 0 Å². The van der Waals surface area contributed by atoms with E-state index in [1.165, 1.54) is 11.1 Å². The standard InChI is InChI=1S/C14H23NO.ClH/c1-5-16-14-7-6-12(8-11(4)15)9-13(14)10(2)3;/h6-7,9-11H,5,8,15H2,1-4H3;1H. The highest BCUT2D eigenvalue weighted by Crippen LogP contribution is 2.27. The first-order chi connectivity index (χ1) is 7.54. The molecule has 1 atom stereocenters. The third kappa shape index (κ3) is 4.97. The molecule has 98 valence electrons. The summed E-state index contributed by atoms with van der Waals surface area (Å²) in [5, 5.41) is 0. The molecular formula is C14H24ClNO. The Hall–Kier alpha value is -0.730. The lowest BCUT2D eigenvalue weighted by Gasteiger charge is -2.15. The second kappa shape index (κ2) is 7.57. The molecule has 0 aliphatic carbocycles. The summed E-state index contributed by atoms with van der Waals surface area (Å²) in [4.78, 5) is 0. The molecule has 0 spiro atoms. The SMILES string of the molecule is CCOc1ccc(CC(C)N)cc1C(C)C.Cl. The van der Waals surface area contributed by atoms with E-state index >= 15 is 0 Å². The van der Waals surface area contributed by atoms with Crippen LogP contribution in [0.1, 0.15) is 44.7 Å². The molecular weight excluding hydrogens is 234 g/mol. The van der Waals surface area contributed by atoms with Gasteiger partial charge in [0, 0.05) is 6.04 Å². The van der Waals surface area contributed by atoms with Crippen molar-refractivity contribution in [2.24, 2.45) is 5.73 Å². The Bertz CT molecular complexity index is 337. The summed E-state index contributed by atoms with van der Waals surface area (Å²) in [7, 11) is 0. The molecule has 0 saturated carbocycles. The average molecular weight is 258 g/mol. The molecule has 1 rings (SSSR count). The van der Waals surface area contributed by atoms with Crippen LogP contribution in [0.4, 0.5) is 0 Å². The zero-order valence-electron chi connectivity index (χ0n) is 11.2. The molecule has 2 nitrogen and oxygen atoms in total. The van der Waals surface area contributed by atoms with Gasteiger partial charge in [-0.3, -0.25) is 0 Å². The van der Waals surface area contributed by atoms with E-state index in [9.17, 15) is 0 Å². The minimum atomic E-state index is 0. The first-order valence-electron chi connectivity index (χ1n) is 6.05. The number of nitrogens with two attached hydrogens (primary N) is 1. The molecule has 1 unspecified atom stereocenters. The molecule has 0 aliphatic rings. The Morgan fingerprint density at radius 2 is 1.88 bits per heavy atom. The summed E-state index contributed by atoms with van der Waals surface area (Å²) in [6, 6.07) is 6.61. The van der Waals surface area contributed by atoms with E-state index in [-0.39, 0.29) is 18.4 Å². The highest BCUT2D eigenvalue weighted by molar-refractivity contribution is 5.85. The minimum Gasteiger partial charge on any atom is -0.494 e. The first-order valence-corrected chi connectivity index (χ1v) is 6.05. The molecule has 0 amide bonds. The molecule has 1 aromatic carbocycles. The van der Waals surface area contributed by atoms with Gasteiger partial charge in [0.05, 0.1) is 6.61 Å². The van der Waals surface area contributed by atoms with Crippen LogP contribution in [0.25, 0.3) is 0 Å². The van der Waals surface area contributed by atoms with Gasteiger partial charge < -0.3 is 10.5 Å². The van der Waals surface area contributed by atoms with Crippen LogP contribution in [-0.4, -0.2) is 12.6 Å². The summed E-state index contributed by atoms with van der Waals surface area (Å²) < 4.78 is 5.63. The van der Waals surface area contributed by atoms with E-state index in [2.05, 4.69) is 32.0 Å². The number of hydrogen-bond donors (Lipinski definition) is 1. The Kier molecular flexibility index (Phi) is 7.24. The van der Waals surface area contributed by atoms with Gasteiger partial charge >= 0.3 is 0 Å². The third-order valence-electron chi connectivity index (χ3n) is 2.55. The number of benzene rings is 1. The van der Waals surface area contributed by atoms with Crippen molar-refractivity contribution in [3.05, 3.63) is 29.3 Å². The van der Waals surface area contributed by atoms with Gasteiger partial charge in [-0.15, -0.1) is 12.4 Å². The predicted octanol–water partition coefficient (Wildman–Crippen LogP) is 3.52. The van der Waals surface area contributed by atoms with Gasteiger partial charge in [-0.1, -0.05) is 26.0 Å². The lowest BCUT2D eigenvalue weighted by Crippen LogP contribution is -2.17. The van der Waals surface area contributed by atoms with Crippen molar-refractivity contribution in [2.45, 2.75) is 46.1 Å². The Morgan fingerprint density at radius 1 is 1.24 bits per heavy atom. The topological polar surface area (TPSA) is 35.2 Å². The van der Waals surface area contributed by atoms with Crippen LogP contribution < -0.4 is 10.5 Å². The molecule has 0 radical (unpaired) electrons. The van der Waals surface area contributed by atoms with Crippen LogP contribution in [-0.2, 0) is 6.42 Å². The fourth-order valence-electron chi connectivity index (χ4n) is 1.83. The van der Waals surface area contributed by atoms with Crippen molar-refractivity contribution in [3.63, 3.8) is 0 Å². The fraction of sp³-hybridized carbons (Fsp3) is 0.571. The predicted molar refractivity (Wildman–Crippen MR) is 76.3 cm³/mol. The van der Waals surface area contributed by atoms with Gasteiger partial charge in [-0.25, -0.2) is 0 Å². The van der Waals surface area contributed by atoms with E-state index < -0.39 is 0 Å². The van der Waals surface area contributed by atoms with E-state index in [4.69, 9.17) is 10.5 Å². The Morgan fingerprint density at radius 3 is 2.35 bits per heavy atom. The lowest BCUT2D eigenvalue weighted by molar-refractivity contribution is 0.335. The number of rotatable bonds is 5. The van der Waals surface area contributed by atoms with E-state index in [1.54, 1.807) is 0 Å². The first kappa shape index (κ1) is 16.3. The molecule has 0 bridgehead atoms. The highest BCUT2D eigenvalue weighted by atomic mass is 35.5. The Balaban J connectivity index is 0.00000256. The summed E-state index contributed by atoms with van der Waals surface area (Å²) in [5.74, 6) is 1.49. The molecule has 17 heavy (non-hydrogen) atoms. The average Bonchev–Trinajstić information content (AvgIpc) is 2.19. The monoisotopic (exact) mass is 257 g/mol. The van der Waals surface area contributed by atoms with E-state index in [0.717, 1.165) is 12.2 Å². The molecule has 2 N–H and O–H groups in total. The van der Waals surface area contributed by atoms with Crippen LogP contribution >= 0.6 is 12.4 Å². The third-order valence-corrected chi connectivity index (χ3v) is 2.55. The zero-order valence-corrected chi connectivity index (χ0v) is 12.0. The molecule has 0 saturated heterocycles. The lowest BCUT2D eigenvalue weighted by atomic mass is 9.97. The molecule has 1 aromatic rings. The summed E-state index contributed by atoms with van der Waals surface area (Å²) in [6.07, 6.45) is 0.923. The second-order valence-corrected chi connectivity index (χ2v) is 4.64. The van der Waals surface area contributed by atoms with Crippen molar-refractivity contribution in [1.29, 1.82) is 0 Å². The summed E-state index contributed by atoms with van der Waals surface area (Å²) in [5.41, 5.74) is 8.39. The number of hydrogen-bond acceptors (Lipinski definition) is 2. The van der Waals surface area contributed by atoms with Crippen LogP contribution in [0, 0.1) is 0 Å². The smallest absolute Gasteiger partial charge is 0.122 e. The molecule has 0 aromatic heterocycles. The van der Waals surface area contributed by atoms with Gasteiger partial charge in [0.1, 0.15) is 5.75 Å². The largest absolute Gasteiger partial charge is 0.494 e. The zero-order chi connectivity index (χ0) is 12.1. The molecule has 0 fully saturated rings. The van der Waals surface area contributed by atoms with Crippen LogP contribution in [0.15, 0.2) is 18.2 Å². The maximum Gasteiger partial charge on any atom is 0.122 e.